The van der Waals surface area contributed by atoms with E-state index in [0.29, 0.717) is 25.4 Å². The number of amides is 1. The minimum atomic E-state index is 0.193. The fourth-order valence-corrected chi connectivity index (χ4v) is 1.72. The van der Waals surface area contributed by atoms with Crippen LogP contribution in [-0.2, 0) is 17.9 Å². The molecule has 2 N–H and O–H groups in total. The first-order valence-corrected chi connectivity index (χ1v) is 6.04. The summed E-state index contributed by atoms with van der Waals surface area (Å²) in [5.41, 5.74) is 7.83. The van der Waals surface area contributed by atoms with Gasteiger partial charge in [0.25, 0.3) is 0 Å². The number of nitrogens with zero attached hydrogens (tertiary/aromatic N) is 1. The van der Waals surface area contributed by atoms with Crippen molar-refractivity contribution in [1.82, 2.24) is 4.90 Å². The number of hydrogen-bond donors (Lipinski definition) is 1. The van der Waals surface area contributed by atoms with Crippen molar-refractivity contribution < 1.29 is 4.79 Å². The second kappa shape index (κ2) is 6.40. The Morgan fingerprint density at radius 3 is 2.59 bits per heavy atom. The predicted octanol–water partition coefficient (Wildman–Crippen LogP) is 2.15. The molecule has 0 aliphatic heterocycles. The number of carbonyl (C=O) groups is 1. The maximum Gasteiger partial charge on any atom is 0.222 e. The maximum atomic E-state index is 11.8. The summed E-state index contributed by atoms with van der Waals surface area (Å²) in [6, 6.07) is 8.06. The summed E-state index contributed by atoms with van der Waals surface area (Å²) < 4.78 is 0. The van der Waals surface area contributed by atoms with Gasteiger partial charge in [-0.05, 0) is 17.0 Å². The molecule has 0 aliphatic carbocycles. The largest absolute Gasteiger partial charge is 0.341 e. The van der Waals surface area contributed by atoms with Crippen LogP contribution in [0.3, 0.4) is 0 Å². The zero-order valence-electron chi connectivity index (χ0n) is 10.9. The molecule has 0 saturated carbocycles. The van der Waals surface area contributed by atoms with E-state index in [0.717, 1.165) is 11.1 Å². The lowest BCUT2D eigenvalue weighted by molar-refractivity contribution is -0.131. The van der Waals surface area contributed by atoms with Crippen molar-refractivity contribution in [2.75, 3.05) is 7.05 Å². The fourth-order valence-electron chi connectivity index (χ4n) is 1.72. The summed E-state index contributed by atoms with van der Waals surface area (Å²) in [5, 5.41) is 0. The second-order valence-corrected chi connectivity index (χ2v) is 4.87. The highest BCUT2D eigenvalue weighted by molar-refractivity contribution is 5.76. The molecule has 1 aromatic rings. The third kappa shape index (κ3) is 4.57. The SMILES string of the molecule is CC(C)CC(=O)N(C)Cc1cccc(CN)c1. The summed E-state index contributed by atoms with van der Waals surface area (Å²) in [6.07, 6.45) is 0.604. The maximum absolute atomic E-state index is 11.8. The Labute approximate surface area is 104 Å². The third-order valence-corrected chi connectivity index (χ3v) is 2.66. The average Bonchev–Trinajstić information content (AvgIpc) is 2.28. The molecule has 0 heterocycles. The molecule has 0 fully saturated rings. The molecular weight excluding hydrogens is 212 g/mol. The van der Waals surface area contributed by atoms with Crippen LogP contribution in [0.25, 0.3) is 0 Å². The first-order chi connectivity index (χ1) is 8.02. The van der Waals surface area contributed by atoms with Gasteiger partial charge in [-0.15, -0.1) is 0 Å². The van der Waals surface area contributed by atoms with Crippen LogP contribution in [0.2, 0.25) is 0 Å². The van der Waals surface area contributed by atoms with Crippen LogP contribution in [0.15, 0.2) is 24.3 Å². The van der Waals surface area contributed by atoms with Crippen LogP contribution in [0, 0.1) is 5.92 Å². The summed E-state index contributed by atoms with van der Waals surface area (Å²) in [5.74, 6) is 0.596. The first kappa shape index (κ1) is 13.7. The van der Waals surface area contributed by atoms with E-state index in [4.69, 9.17) is 5.73 Å². The van der Waals surface area contributed by atoms with E-state index in [1.54, 1.807) is 4.90 Å². The molecule has 1 amide bonds. The van der Waals surface area contributed by atoms with Crippen LogP contribution >= 0.6 is 0 Å². The molecule has 0 atom stereocenters. The van der Waals surface area contributed by atoms with Crippen LogP contribution < -0.4 is 5.73 Å². The Morgan fingerprint density at radius 1 is 1.35 bits per heavy atom. The lowest BCUT2D eigenvalue weighted by Crippen LogP contribution is -2.27. The first-order valence-electron chi connectivity index (χ1n) is 6.04. The molecule has 0 bridgehead atoms. The number of nitrogens with two attached hydrogens (primary N) is 1. The van der Waals surface area contributed by atoms with Crippen molar-refractivity contribution in [1.29, 1.82) is 0 Å². The van der Waals surface area contributed by atoms with Gasteiger partial charge in [0.2, 0.25) is 5.91 Å². The highest BCUT2D eigenvalue weighted by Crippen LogP contribution is 2.09. The van der Waals surface area contributed by atoms with Crippen LogP contribution in [0.4, 0.5) is 0 Å². The van der Waals surface area contributed by atoms with E-state index >= 15 is 0 Å². The van der Waals surface area contributed by atoms with E-state index in [9.17, 15) is 4.79 Å². The average molecular weight is 234 g/mol. The fraction of sp³-hybridized carbons (Fsp3) is 0.500. The molecule has 0 radical (unpaired) electrons. The van der Waals surface area contributed by atoms with Gasteiger partial charge in [-0.2, -0.15) is 0 Å². The Hall–Kier alpha value is -1.35. The monoisotopic (exact) mass is 234 g/mol. The van der Waals surface area contributed by atoms with Crippen LogP contribution in [0.5, 0.6) is 0 Å². The molecule has 3 nitrogen and oxygen atoms in total. The molecule has 94 valence electrons. The van der Waals surface area contributed by atoms with Crippen molar-refractivity contribution in [2.45, 2.75) is 33.4 Å². The lowest BCUT2D eigenvalue weighted by Gasteiger charge is -2.18. The third-order valence-electron chi connectivity index (χ3n) is 2.66. The van der Waals surface area contributed by atoms with Gasteiger partial charge in [0.1, 0.15) is 0 Å². The molecule has 0 unspecified atom stereocenters. The summed E-state index contributed by atoms with van der Waals surface area (Å²) in [4.78, 5) is 13.6. The lowest BCUT2D eigenvalue weighted by atomic mass is 10.1. The van der Waals surface area contributed by atoms with Crippen molar-refractivity contribution in [3.63, 3.8) is 0 Å². The van der Waals surface area contributed by atoms with Gasteiger partial charge in [-0.3, -0.25) is 4.79 Å². The molecule has 0 aliphatic rings. The van der Waals surface area contributed by atoms with E-state index in [2.05, 4.69) is 19.9 Å². The normalized spacial score (nSPS) is 10.6. The van der Waals surface area contributed by atoms with Gasteiger partial charge in [0.05, 0.1) is 0 Å². The quantitative estimate of drug-likeness (QED) is 0.848. The Bertz CT molecular complexity index is 374. The molecule has 0 saturated heterocycles. The smallest absolute Gasteiger partial charge is 0.222 e. The minimum Gasteiger partial charge on any atom is -0.341 e. The summed E-state index contributed by atoms with van der Waals surface area (Å²) >= 11 is 0. The Balaban J connectivity index is 2.60. The summed E-state index contributed by atoms with van der Waals surface area (Å²) in [7, 11) is 1.85. The Morgan fingerprint density at radius 2 is 2.00 bits per heavy atom. The predicted molar refractivity (Wildman–Crippen MR) is 70.3 cm³/mol. The van der Waals surface area contributed by atoms with E-state index in [-0.39, 0.29) is 5.91 Å². The zero-order valence-corrected chi connectivity index (χ0v) is 10.9. The van der Waals surface area contributed by atoms with Crippen molar-refractivity contribution in [3.05, 3.63) is 35.4 Å². The van der Waals surface area contributed by atoms with E-state index in [1.165, 1.54) is 0 Å². The van der Waals surface area contributed by atoms with Crippen molar-refractivity contribution >= 4 is 5.91 Å². The molecule has 0 spiro atoms. The minimum absolute atomic E-state index is 0.193. The number of carbonyl (C=O) groups excluding carboxylic acids is 1. The Kier molecular flexibility index (Phi) is 5.16. The second-order valence-electron chi connectivity index (χ2n) is 4.87. The van der Waals surface area contributed by atoms with Crippen LogP contribution in [-0.4, -0.2) is 17.9 Å². The van der Waals surface area contributed by atoms with Crippen molar-refractivity contribution in [3.8, 4) is 0 Å². The highest BCUT2D eigenvalue weighted by atomic mass is 16.2. The van der Waals surface area contributed by atoms with Gasteiger partial charge in [-0.25, -0.2) is 0 Å². The van der Waals surface area contributed by atoms with Gasteiger partial charge < -0.3 is 10.6 Å². The van der Waals surface area contributed by atoms with Gasteiger partial charge in [-0.1, -0.05) is 38.1 Å². The number of benzene rings is 1. The summed E-state index contributed by atoms with van der Waals surface area (Å²) in [6.45, 7) is 5.30. The van der Waals surface area contributed by atoms with Gasteiger partial charge in [0.15, 0.2) is 0 Å². The molecule has 3 heteroatoms. The van der Waals surface area contributed by atoms with Gasteiger partial charge >= 0.3 is 0 Å². The molecule has 17 heavy (non-hydrogen) atoms. The molecule has 1 rings (SSSR count). The van der Waals surface area contributed by atoms with E-state index < -0.39 is 0 Å². The molecule has 1 aromatic carbocycles. The van der Waals surface area contributed by atoms with Crippen molar-refractivity contribution in [2.24, 2.45) is 11.7 Å². The molecular formula is C14H22N2O. The van der Waals surface area contributed by atoms with E-state index in [1.807, 2.05) is 25.2 Å². The molecule has 0 aromatic heterocycles. The zero-order chi connectivity index (χ0) is 12.8. The highest BCUT2D eigenvalue weighted by Gasteiger charge is 2.10. The topological polar surface area (TPSA) is 46.3 Å². The van der Waals surface area contributed by atoms with Crippen LogP contribution in [0.1, 0.15) is 31.4 Å². The standard InChI is InChI=1S/C14H22N2O/c1-11(2)7-14(17)16(3)10-13-6-4-5-12(8-13)9-15/h4-6,8,11H,7,9-10,15H2,1-3H3. The van der Waals surface area contributed by atoms with Gasteiger partial charge in [0, 0.05) is 26.6 Å². The number of rotatable bonds is 5. The number of hydrogen-bond acceptors (Lipinski definition) is 2.